The number of carbonyl (C=O) groups excluding carboxylic acids is 1. The molecule has 4 saturated carbocycles. The van der Waals surface area contributed by atoms with Crippen LogP contribution in [0.1, 0.15) is 229 Å². The molecule has 0 bridgehead atoms. The molecule has 0 aliphatic heterocycles. The Bertz CT molecular complexity index is 1120. The van der Waals surface area contributed by atoms with Crippen molar-refractivity contribution in [2.75, 3.05) is 0 Å². The van der Waals surface area contributed by atoms with Crippen LogP contribution in [0.25, 0.3) is 0 Å². The smallest absolute Gasteiger partial charge is 0.306 e. The fraction of sp³-hybridized carbons (Fsp3) is 0.979. The number of hydrogen-bond acceptors (Lipinski definition) is 5. The highest BCUT2D eigenvalue weighted by molar-refractivity contribution is 5.69. The Morgan fingerprint density at radius 3 is 1.74 bits per heavy atom. The van der Waals surface area contributed by atoms with Gasteiger partial charge in [-0.25, -0.2) is 0 Å². The SMILES string of the molecule is CCCCCCCCCCCCCCCCCC(=O)O[C@@H]1C[C@@H]2[C@@]3(C)CC[C@H](O)C(C)(C)[C@@H]3CC[C@@]2(C)[C@]2(C)CC[C@H]([C@](C)(O)CCCC(C)(C)O)[C@@H]12. The molecule has 0 aromatic carbocycles. The maximum atomic E-state index is 13.8. The summed E-state index contributed by atoms with van der Waals surface area (Å²) in [6.07, 6.45) is 28.8. The highest BCUT2D eigenvalue weighted by atomic mass is 16.5. The Morgan fingerprint density at radius 2 is 1.19 bits per heavy atom. The van der Waals surface area contributed by atoms with Gasteiger partial charge in [-0.15, -0.1) is 0 Å². The molecule has 10 atom stereocenters. The van der Waals surface area contributed by atoms with Crippen molar-refractivity contribution in [3.8, 4) is 0 Å². The van der Waals surface area contributed by atoms with Crippen LogP contribution in [0, 0.1) is 45.3 Å². The van der Waals surface area contributed by atoms with E-state index in [4.69, 9.17) is 4.74 Å². The van der Waals surface area contributed by atoms with Gasteiger partial charge in [-0.2, -0.15) is 0 Å². The molecule has 3 N–H and O–H groups in total. The van der Waals surface area contributed by atoms with Crippen LogP contribution in [0.2, 0.25) is 0 Å². The van der Waals surface area contributed by atoms with E-state index in [1.54, 1.807) is 0 Å². The van der Waals surface area contributed by atoms with Crippen molar-refractivity contribution in [3.05, 3.63) is 0 Å². The lowest BCUT2D eigenvalue weighted by atomic mass is 9.35. The average Bonchev–Trinajstić information content (AvgIpc) is 3.45. The molecule has 4 aliphatic carbocycles. The Labute approximate surface area is 328 Å². The molecular weight excluding hydrogens is 657 g/mol. The van der Waals surface area contributed by atoms with Crippen molar-refractivity contribution in [1.29, 1.82) is 0 Å². The zero-order valence-corrected chi connectivity index (χ0v) is 36.5. The second kappa shape index (κ2) is 18.7. The Balaban J connectivity index is 1.37. The van der Waals surface area contributed by atoms with Gasteiger partial charge < -0.3 is 20.1 Å². The molecule has 0 aromatic rings. The highest BCUT2D eigenvalue weighted by Crippen LogP contribution is 2.76. The molecule has 4 rings (SSSR count). The lowest BCUT2D eigenvalue weighted by Crippen LogP contribution is -2.67. The molecule has 5 heteroatoms. The fourth-order valence-electron chi connectivity index (χ4n) is 13.5. The monoisotopic (exact) mass is 745 g/mol. The van der Waals surface area contributed by atoms with E-state index in [1.807, 2.05) is 20.8 Å². The van der Waals surface area contributed by atoms with E-state index in [9.17, 15) is 20.1 Å². The van der Waals surface area contributed by atoms with Gasteiger partial charge in [0.2, 0.25) is 0 Å². The van der Waals surface area contributed by atoms with E-state index in [0.29, 0.717) is 31.1 Å². The highest BCUT2D eigenvalue weighted by Gasteiger charge is 2.72. The maximum Gasteiger partial charge on any atom is 0.306 e. The first-order chi connectivity index (χ1) is 24.8. The van der Waals surface area contributed by atoms with Crippen LogP contribution in [0.4, 0.5) is 0 Å². The van der Waals surface area contributed by atoms with E-state index in [-0.39, 0.29) is 51.7 Å². The van der Waals surface area contributed by atoms with Crippen LogP contribution in [0.5, 0.6) is 0 Å². The van der Waals surface area contributed by atoms with Gasteiger partial charge in [0.25, 0.3) is 0 Å². The summed E-state index contributed by atoms with van der Waals surface area (Å²) in [6.45, 7) is 20.2. The number of aliphatic hydroxyl groups is 3. The molecule has 0 amide bonds. The van der Waals surface area contributed by atoms with Gasteiger partial charge >= 0.3 is 5.97 Å². The molecule has 0 heterocycles. The van der Waals surface area contributed by atoms with Crippen molar-refractivity contribution < 1.29 is 24.9 Å². The molecular formula is C48H88O5. The predicted octanol–water partition coefficient (Wildman–Crippen LogP) is 12.5. The Hall–Kier alpha value is -0.650. The van der Waals surface area contributed by atoms with Crippen LogP contribution in [0.15, 0.2) is 0 Å². The van der Waals surface area contributed by atoms with Crippen LogP contribution in [-0.4, -0.2) is 44.7 Å². The van der Waals surface area contributed by atoms with Crippen LogP contribution in [-0.2, 0) is 9.53 Å². The first-order valence-electron chi connectivity index (χ1n) is 23.2. The molecule has 0 radical (unpaired) electrons. The third kappa shape index (κ3) is 10.5. The largest absolute Gasteiger partial charge is 0.462 e. The molecule has 310 valence electrons. The first-order valence-corrected chi connectivity index (χ1v) is 23.2. The molecule has 0 aromatic heterocycles. The van der Waals surface area contributed by atoms with Crippen molar-refractivity contribution in [2.45, 2.75) is 253 Å². The number of aliphatic hydroxyl groups excluding tert-OH is 1. The minimum atomic E-state index is -0.881. The van der Waals surface area contributed by atoms with E-state index >= 15 is 0 Å². The van der Waals surface area contributed by atoms with Crippen molar-refractivity contribution in [1.82, 2.24) is 0 Å². The van der Waals surface area contributed by atoms with Crippen molar-refractivity contribution in [3.63, 3.8) is 0 Å². The normalized spacial score (nSPS) is 36.3. The minimum absolute atomic E-state index is 0.0418. The van der Waals surface area contributed by atoms with Gasteiger partial charge in [-0.1, -0.05) is 131 Å². The van der Waals surface area contributed by atoms with Gasteiger partial charge in [-0.05, 0) is 131 Å². The van der Waals surface area contributed by atoms with Crippen LogP contribution >= 0.6 is 0 Å². The number of carbonyl (C=O) groups is 1. The zero-order valence-electron chi connectivity index (χ0n) is 36.5. The summed E-state index contributed by atoms with van der Waals surface area (Å²) < 4.78 is 6.73. The van der Waals surface area contributed by atoms with Crippen LogP contribution in [0.3, 0.4) is 0 Å². The van der Waals surface area contributed by atoms with Crippen LogP contribution < -0.4 is 0 Å². The summed E-state index contributed by atoms with van der Waals surface area (Å²) in [6, 6.07) is 0. The molecule has 4 fully saturated rings. The summed E-state index contributed by atoms with van der Waals surface area (Å²) in [5.41, 5.74) is -1.64. The molecule has 0 saturated heterocycles. The summed E-state index contributed by atoms with van der Waals surface area (Å²) in [5.74, 6) is 0.985. The van der Waals surface area contributed by atoms with E-state index in [2.05, 4.69) is 41.5 Å². The molecule has 5 nitrogen and oxygen atoms in total. The molecule has 4 aliphatic rings. The fourth-order valence-corrected chi connectivity index (χ4v) is 13.5. The van der Waals surface area contributed by atoms with Gasteiger partial charge in [0.1, 0.15) is 6.10 Å². The quantitative estimate of drug-likeness (QED) is 0.0759. The third-order valence-electron chi connectivity index (χ3n) is 16.9. The number of hydrogen-bond donors (Lipinski definition) is 3. The molecule has 53 heavy (non-hydrogen) atoms. The maximum absolute atomic E-state index is 13.8. The predicted molar refractivity (Wildman–Crippen MR) is 221 cm³/mol. The summed E-state index contributed by atoms with van der Waals surface area (Å²) in [7, 11) is 0. The summed E-state index contributed by atoms with van der Waals surface area (Å²) >= 11 is 0. The van der Waals surface area contributed by atoms with E-state index < -0.39 is 11.2 Å². The number of rotatable bonds is 22. The zero-order chi connectivity index (χ0) is 39.1. The van der Waals surface area contributed by atoms with Crippen molar-refractivity contribution >= 4 is 5.97 Å². The number of fused-ring (bicyclic) bond motifs is 5. The third-order valence-corrected chi connectivity index (χ3v) is 16.9. The lowest BCUT2D eigenvalue weighted by Gasteiger charge is -2.70. The van der Waals surface area contributed by atoms with E-state index in [1.165, 1.54) is 83.5 Å². The van der Waals surface area contributed by atoms with Crippen molar-refractivity contribution in [2.24, 2.45) is 45.3 Å². The number of ether oxygens (including phenoxy) is 1. The first kappa shape index (κ1) is 45.1. The number of unbranched alkanes of at least 4 members (excludes halogenated alkanes) is 14. The topological polar surface area (TPSA) is 87.0 Å². The van der Waals surface area contributed by atoms with Gasteiger partial charge in [0, 0.05) is 12.3 Å². The minimum Gasteiger partial charge on any atom is -0.462 e. The van der Waals surface area contributed by atoms with Gasteiger partial charge in [0.05, 0.1) is 17.3 Å². The number of esters is 1. The second-order valence-corrected chi connectivity index (χ2v) is 21.5. The van der Waals surface area contributed by atoms with Gasteiger partial charge in [-0.3, -0.25) is 4.79 Å². The van der Waals surface area contributed by atoms with E-state index in [0.717, 1.165) is 64.2 Å². The summed E-state index contributed by atoms with van der Waals surface area (Å²) in [4.78, 5) is 13.8. The standard InChI is InChI=1S/C48H88O5/c1-10-11-12-13-14-15-16-17-18-19-20-21-22-23-24-26-41(50)53-37-35-39-45(6)32-29-40(49)44(4,5)38(45)28-34-46(39,7)47(8)33-27-36(42(37)47)48(9,52)31-25-30-43(2,3)51/h36-40,42,49,51-52H,10-35H2,1-9H3/t36-,37+,38-,39+,40-,42-,45-,46+,47+,48+/m0/s1. The molecule has 0 unspecified atom stereocenters. The lowest BCUT2D eigenvalue weighted by molar-refractivity contribution is -0.251. The molecule has 0 spiro atoms. The Morgan fingerprint density at radius 1 is 0.660 bits per heavy atom. The second-order valence-electron chi connectivity index (χ2n) is 21.5. The summed E-state index contributed by atoms with van der Waals surface area (Å²) in [5, 5.41) is 33.9. The average molecular weight is 745 g/mol. The van der Waals surface area contributed by atoms with Gasteiger partial charge in [0.15, 0.2) is 0 Å². The Kier molecular flexibility index (Phi) is 15.9.